The molecule has 1 saturated heterocycles. The van der Waals surface area contributed by atoms with Gasteiger partial charge in [-0.25, -0.2) is 0 Å². The van der Waals surface area contributed by atoms with Crippen LogP contribution in [0.5, 0.6) is 11.5 Å². The molecule has 0 saturated carbocycles. The van der Waals surface area contributed by atoms with Crippen molar-refractivity contribution in [3.8, 4) is 11.5 Å². The van der Waals surface area contributed by atoms with Crippen molar-refractivity contribution in [2.24, 2.45) is 0 Å². The molecule has 2 atom stereocenters. The number of anilines is 1. The van der Waals surface area contributed by atoms with Gasteiger partial charge in [0.1, 0.15) is 18.1 Å². The zero-order valence-corrected chi connectivity index (χ0v) is 20.2. The van der Waals surface area contributed by atoms with Gasteiger partial charge in [-0.15, -0.1) is 0 Å². The van der Waals surface area contributed by atoms with Gasteiger partial charge in [0.05, 0.1) is 31.0 Å². The van der Waals surface area contributed by atoms with Gasteiger partial charge in [0.15, 0.2) is 0 Å². The lowest BCUT2D eigenvalue weighted by Crippen LogP contribution is -2.41. The third-order valence-electron chi connectivity index (χ3n) is 6.33. The molecule has 2 aliphatic rings. The number of nitrogens with one attached hydrogen (secondary N) is 1. The fraction of sp³-hybridized carbons (Fsp3) is 0.556. The fourth-order valence-corrected chi connectivity index (χ4v) is 4.70. The summed E-state index contributed by atoms with van der Waals surface area (Å²) in [5, 5.41) is 3.50. The molecule has 0 amide bonds. The van der Waals surface area contributed by atoms with E-state index in [1.165, 1.54) is 11.1 Å². The predicted molar refractivity (Wildman–Crippen MR) is 132 cm³/mol. The van der Waals surface area contributed by atoms with E-state index in [9.17, 15) is 0 Å². The van der Waals surface area contributed by atoms with Gasteiger partial charge in [-0.2, -0.15) is 0 Å². The van der Waals surface area contributed by atoms with E-state index >= 15 is 0 Å². The molecular formula is C27H38N2O4. The molecule has 0 bridgehead atoms. The summed E-state index contributed by atoms with van der Waals surface area (Å²) < 4.78 is 23.4. The minimum Gasteiger partial charge on any atom is -0.491 e. The lowest BCUT2D eigenvalue weighted by atomic mass is 9.87. The normalized spacial score (nSPS) is 20.4. The number of hydrogen-bond acceptors (Lipinski definition) is 6. The molecule has 0 aliphatic carbocycles. The maximum absolute atomic E-state index is 6.48. The number of piperidine rings is 1. The van der Waals surface area contributed by atoms with Crippen LogP contribution in [0.3, 0.4) is 0 Å². The van der Waals surface area contributed by atoms with Gasteiger partial charge < -0.3 is 29.2 Å². The van der Waals surface area contributed by atoms with Crippen molar-refractivity contribution >= 4 is 5.69 Å². The van der Waals surface area contributed by atoms with Crippen LogP contribution in [0, 0.1) is 0 Å². The first-order valence-corrected chi connectivity index (χ1v) is 12.2. The SMILES string of the molecule is COCCCN1CCOc2ccc(COC3CNCCC3c3ccc(OC(C)C)cc3)cc21. The molecule has 0 radical (unpaired) electrons. The van der Waals surface area contributed by atoms with Crippen LogP contribution in [-0.2, 0) is 16.1 Å². The quantitative estimate of drug-likeness (QED) is 0.538. The van der Waals surface area contributed by atoms with Crippen molar-refractivity contribution in [3.05, 3.63) is 53.6 Å². The van der Waals surface area contributed by atoms with Gasteiger partial charge >= 0.3 is 0 Å². The summed E-state index contributed by atoms with van der Waals surface area (Å²) in [4.78, 5) is 2.40. The summed E-state index contributed by atoms with van der Waals surface area (Å²) in [5.41, 5.74) is 3.67. The summed E-state index contributed by atoms with van der Waals surface area (Å²) >= 11 is 0. The molecule has 2 aromatic carbocycles. The molecule has 180 valence electrons. The van der Waals surface area contributed by atoms with E-state index in [-0.39, 0.29) is 12.2 Å². The Balaban J connectivity index is 1.40. The lowest BCUT2D eigenvalue weighted by molar-refractivity contribution is 0.0106. The van der Waals surface area contributed by atoms with Crippen LogP contribution in [0.2, 0.25) is 0 Å². The predicted octanol–water partition coefficient (Wildman–Crippen LogP) is 4.37. The Morgan fingerprint density at radius 1 is 1.15 bits per heavy atom. The maximum Gasteiger partial charge on any atom is 0.142 e. The van der Waals surface area contributed by atoms with Crippen molar-refractivity contribution < 1.29 is 18.9 Å². The molecule has 2 unspecified atom stereocenters. The Bertz CT molecular complexity index is 871. The summed E-state index contributed by atoms with van der Waals surface area (Å²) in [6.07, 6.45) is 2.40. The van der Waals surface area contributed by atoms with Crippen LogP contribution in [0.25, 0.3) is 0 Å². The number of hydrogen-bond donors (Lipinski definition) is 1. The molecule has 33 heavy (non-hydrogen) atoms. The summed E-state index contributed by atoms with van der Waals surface area (Å²) in [5.74, 6) is 2.26. The fourth-order valence-electron chi connectivity index (χ4n) is 4.70. The van der Waals surface area contributed by atoms with Crippen molar-refractivity contribution in [2.75, 3.05) is 51.4 Å². The smallest absolute Gasteiger partial charge is 0.142 e. The molecule has 6 heteroatoms. The Kier molecular flexibility index (Phi) is 8.48. The van der Waals surface area contributed by atoms with E-state index in [1.807, 2.05) is 0 Å². The van der Waals surface area contributed by atoms with E-state index in [0.717, 1.165) is 69.4 Å². The second-order valence-electron chi connectivity index (χ2n) is 9.17. The zero-order chi connectivity index (χ0) is 23.0. The van der Waals surface area contributed by atoms with Crippen molar-refractivity contribution in [1.29, 1.82) is 0 Å². The van der Waals surface area contributed by atoms with Crippen molar-refractivity contribution in [2.45, 2.75) is 51.4 Å². The minimum atomic E-state index is 0.140. The Hall–Kier alpha value is -2.28. The van der Waals surface area contributed by atoms with Gasteiger partial charge in [-0.1, -0.05) is 18.2 Å². The van der Waals surface area contributed by atoms with E-state index in [1.54, 1.807) is 7.11 Å². The van der Waals surface area contributed by atoms with Crippen LogP contribution in [0.15, 0.2) is 42.5 Å². The maximum atomic E-state index is 6.48. The summed E-state index contributed by atoms with van der Waals surface area (Å²) in [7, 11) is 1.75. The number of methoxy groups -OCH3 is 1. The van der Waals surface area contributed by atoms with E-state index < -0.39 is 0 Å². The molecule has 6 nitrogen and oxygen atoms in total. The molecule has 2 aliphatic heterocycles. The minimum absolute atomic E-state index is 0.140. The highest BCUT2D eigenvalue weighted by Gasteiger charge is 2.27. The van der Waals surface area contributed by atoms with Crippen LogP contribution in [-0.4, -0.2) is 58.7 Å². The zero-order valence-electron chi connectivity index (χ0n) is 20.2. The molecular weight excluding hydrogens is 416 g/mol. The van der Waals surface area contributed by atoms with Crippen molar-refractivity contribution in [1.82, 2.24) is 5.32 Å². The van der Waals surface area contributed by atoms with Gasteiger partial charge in [0.25, 0.3) is 0 Å². The molecule has 4 rings (SSSR count). The molecule has 1 fully saturated rings. The third-order valence-corrected chi connectivity index (χ3v) is 6.33. The first-order chi connectivity index (χ1) is 16.1. The highest BCUT2D eigenvalue weighted by molar-refractivity contribution is 5.61. The van der Waals surface area contributed by atoms with Gasteiger partial charge in [-0.3, -0.25) is 0 Å². The first-order valence-electron chi connectivity index (χ1n) is 12.2. The third kappa shape index (κ3) is 6.40. The van der Waals surface area contributed by atoms with E-state index in [2.05, 4.69) is 66.5 Å². The molecule has 2 aromatic rings. The van der Waals surface area contributed by atoms with Crippen LogP contribution in [0.4, 0.5) is 5.69 Å². The topological polar surface area (TPSA) is 52.2 Å². The second kappa shape index (κ2) is 11.7. The Labute approximate surface area is 198 Å². The van der Waals surface area contributed by atoms with Crippen molar-refractivity contribution in [3.63, 3.8) is 0 Å². The summed E-state index contributed by atoms with van der Waals surface area (Å²) in [6, 6.07) is 15.0. The molecule has 0 spiro atoms. The van der Waals surface area contributed by atoms with Gasteiger partial charge in [0, 0.05) is 32.7 Å². The molecule has 2 heterocycles. The average molecular weight is 455 g/mol. The number of fused-ring (bicyclic) bond motifs is 1. The number of ether oxygens (including phenoxy) is 4. The monoisotopic (exact) mass is 454 g/mol. The lowest BCUT2D eigenvalue weighted by Gasteiger charge is -2.33. The van der Waals surface area contributed by atoms with Gasteiger partial charge in [-0.05, 0) is 68.6 Å². The van der Waals surface area contributed by atoms with Crippen LogP contribution >= 0.6 is 0 Å². The highest BCUT2D eigenvalue weighted by Crippen LogP contribution is 2.34. The number of nitrogens with zero attached hydrogens (tertiary/aromatic N) is 1. The highest BCUT2D eigenvalue weighted by atomic mass is 16.5. The number of benzene rings is 2. The molecule has 0 aromatic heterocycles. The largest absolute Gasteiger partial charge is 0.491 e. The number of rotatable bonds is 10. The standard InChI is InChI=1S/C27H38N2O4/c1-20(2)33-23-8-6-22(7-9-23)24-11-12-28-18-27(24)32-19-21-5-10-26-25(17-21)29(14-16-31-26)13-4-15-30-3/h5-10,17,20,24,27-28H,4,11-16,18-19H2,1-3H3. The molecule has 1 N–H and O–H groups in total. The van der Waals surface area contributed by atoms with Crippen LogP contribution in [0.1, 0.15) is 43.7 Å². The van der Waals surface area contributed by atoms with Crippen LogP contribution < -0.4 is 19.7 Å². The summed E-state index contributed by atoms with van der Waals surface area (Å²) in [6.45, 7) is 9.96. The average Bonchev–Trinajstić information content (AvgIpc) is 2.83. The van der Waals surface area contributed by atoms with E-state index in [4.69, 9.17) is 18.9 Å². The second-order valence-corrected chi connectivity index (χ2v) is 9.17. The van der Waals surface area contributed by atoms with Gasteiger partial charge in [0.2, 0.25) is 0 Å². The Morgan fingerprint density at radius 2 is 2.00 bits per heavy atom. The first kappa shape index (κ1) is 23.9. The van der Waals surface area contributed by atoms with E-state index in [0.29, 0.717) is 12.5 Å². The Morgan fingerprint density at radius 3 is 2.79 bits per heavy atom.